The van der Waals surface area contributed by atoms with Crippen molar-refractivity contribution in [1.82, 2.24) is 0 Å². The minimum absolute atomic E-state index is 1.24. The van der Waals surface area contributed by atoms with Crippen molar-refractivity contribution in [3.63, 3.8) is 0 Å². The molecule has 0 radical (unpaired) electrons. The summed E-state index contributed by atoms with van der Waals surface area (Å²) in [6, 6.07) is 13.0. The van der Waals surface area contributed by atoms with Crippen LogP contribution in [0.1, 0.15) is 0 Å². The van der Waals surface area contributed by atoms with Gasteiger partial charge in [-0.25, -0.2) is 0 Å². The number of rotatable bonds is 2. The molecule has 0 aliphatic carbocycles. The average molecular weight is 214 g/mol. The zero-order chi connectivity index (χ0) is 11.7. The molecule has 2 nitrogen and oxygen atoms in total. The van der Waals surface area contributed by atoms with Crippen LogP contribution in [0.5, 0.6) is 0 Å². The van der Waals surface area contributed by atoms with Crippen LogP contribution in [-0.2, 0) is 0 Å². The Bertz CT molecular complexity index is 501. The molecule has 2 rings (SSSR count). The molecule has 0 amide bonds. The summed E-state index contributed by atoms with van der Waals surface area (Å²) >= 11 is 0. The minimum atomic E-state index is 1.24. The lowest BCUT2D eigenvalue weighted by Gasteiger charge is -2.17. The van der Waals surface area contributed by atoms with Crippen LogP contribution in [0, 0.1) is 0 Å². The molecule has 16 heavy (non-hydrogen) atoms. The second kappa shape index (κ2) is 4.05. The molecule has 0 aromatic heterocycles. The fourth-order valence-corrected chi connectivity index (χ4v) is 1.92. The SMILES string of the molecule is CN(C)c1ccc2c(N(C)C)cccc2c1. The average Bonchev–Trinajstić information content (AvgIpc) is 2.27. The van der Waals surface area contributed by atoms with E-state index in [-0.39, 0.29) is 0 Å². The molecule has 0 atom stereocenters. The van der Waals surface area contributed by atoms with Gasteiger partial charge in [0.25, 0.3) is 0 Å². The summed E-state index contributed by atoms with van der Waals surface area (Å²) in [6.07, 6.45) is 0. The summed E-state index contributed by atoms with van der Waals surface area (Å²) in [5.41, 5.74) is 2.51. The van der Waals surface area contributed by atoms with Crippen molar-refractivity contribution in [2.24, 2.45) is 0 Å². The van der Waals surface area contributed by atoms with Crippen LogP contribution < -0.4 is 9.80 Å². The van der Waals surface area contributed by atoms with E-state index in [2.05, 4.69) is 74.4 Å². The number of nitrogens with zero attached hydrogens (tertiary/aromatic N) is 2. The summed E-state index contributed by atoms with van der Waals surface area (Å²) in [4.78, 5) is 4.28. The zero-order valence-corrected chi connectivity index (χ0v) is 10.4. The lowest BCUT2D eigenvalue weighted by Crippen LogP contribution is -2.10. The third kappa shape index (κ3) is 1.83. The third-order valence-corrected chi connectivity index (χ3v) is 2.84. The molecule has 2 heteroatoms. The molecule has 84 valence electrons. The standard InChI is InChI=1S/C14H18N2/c1-15(2)12-8-9-13-11(10-12)6-5-7-14(13)16(3)4/h5-10H,1-4H3. The second-order valence-corrected chi connectivity index (χ2v) is 4.47. The molecule has 0 bridgehead atoms. The Balaban J connectivity index is 2.64. The Morgan fingerprint density at radius 1 is 0.812 bits per heavy atom. The maximum Gasteiger partial charge on any atom is 0.0440 e. The highest BCUT2D eigenvalue weighted by atomic mass is 15.1. The summed E-state index contributed by atoms with van der Waals surface area (Å²) < 4.78 is 0. The van der Waals surface area contributed by atoms with Crippen LogP contribution in [0.15, 0.2) is 36.4 Å². The maximum absolute atomic E-state index is 2.22. The van der Waals surface area contributed by atoms with E-state index >= 15 is 0 Å². The number of fused-ring (bicyclic) bond motifs is 1. The Kier molecular flexibility index (Phi) is 2.73. The van der Waals surface area contributed by atoms with Gasteiger partial charge in [-0.15, -0.1) is 0 Å². The van der Waals surface area contributed by atoms with Crippen molar-refractivity contribution in [3.05, 3.63) is 36.4 Å². The van der Waals surface area contributed by atoms with Crippen LogP contribution in [-0.4, -0.2) is 28.2 Å². The highest BCUT2D eigenvalue weighted by Gasteiger charge is 2.03. The lowest BCUT2D eigenvalue weighted by atomic mass is 10.1. The van der Waals surface area contributed by atoms with Gasteiger partial charge in [-0.3, -0.25) is 0 Å². The van der Waals surface area contributed by atoms with Gasteiger partial charge in [0, 0.05) is 45.0 Å². The molecule has 0 aliphatic heterocycles. The van der Waals surface area contributed by atoms with Crippen LogP contribution in [0.4, 0.5) is 11.4 Å². The van der Waals surface area contributed by atoms with E-state index in [4.69, 9.17) is 0 Å². The van der Waals surface area contributed by atoms with Crippen molar-refractivity contribution >= 4 is 22.1 Å². The van der Waals surface area contributed by atoms with Crippen molar-refractivity contribution in [3.8, 4) is 0 Å². The van der Waals surface area contributed by atoms with Gasteiger partial charge in [0.2, 0.25) is 0 Å². The Morgan fingerprint density at radius 3 is 2.19 bits per heavy atom. The van der Waals surface area contributed by atoms with Gasteiger partial charge < -0.3 is 9.80 Å². The molecule has 0 aliphatic rings. The van der Waals surface area contributed by atoms with Crippen molar-refractivity contribution in [2.75, 3.05) is 38.0 Å². The van der Waals surface area contributed by atoms with E-state index in [1.54, 1.807) is 0 Å². The molecule has 0 fully saturated rings. The first-order valence-electron chi connectivity index (χ1n) is 5.47. The quantitative estimate of drug-likeness (QED) is 0.758. The first-order chi connectivity index (χ1) is 7.59. The molecule has 0 heterocycles. The summed E-state index contributed by atoms with van der Waals surface area (Å²) in [5.74, 6) is 0. The van der Waals surface area contributed by atoms with E-state index in [9.17, 15) is 0 Å². The van der Waals surface area contributed by atoms with E-state index in [0.29, 0.717) is 0 Å². The highest BCUT2D eigenvalue weighted by Crippen LogP contribution is 2.28. The van der Waals surface area contributed by atoms with Crippen molar-refractivity contribution < 1.29 is 0 Å². The molecular formula is C14H18N2. The van der Waals surface area contributed by atoms with Crippen LogP contribution in [0.2, 0.25) is 0 Å². The van der Waals surface area contributed by atoms with Crippen molar-refractivity contribution in [2.45, 2.75) is 0 Å². The first kappa shape index (κ1) is 10.8. The smallest absolute Gasteiger partial charge is 0.0440 e. The molecule has 0 saturated carbocycles. The number of hydrogen-bond donors (Lipinski definition) is 0. The van der Waals surface area contributed by atoms with Crippen LogP contribution in [0.25, 0.3) is 10.8 Å². The Morgan fingerprint density at radius 2 is 1.56 bits per heavy atom. The van der Waals surface area contributed by atoms with Gasteiger partial charge in [0.15, 0.2) is 0 Å². The molecule has 0 unspecified atom stereocenters. The molecule has 0 saturated heterocycles. The molecule has 0 N–H and O–H groups in total. The molecule has 2 aromatic carbocycles. The Labute approximate surface area is 97.1 Å². The minimum Gasteiger partial charge on any atom is -0.378 e. The highest BCUT2D eigenvalue weighted by molar-refractivity contribution is 5.96. The van der Waals surface area contributed by atoms with Gasteiger partial charge in [-0.05, 0) is 23.6 Å². The van der Waals surface area contributed by atoms with Gasteiger partial charge in [-0.2, -0.15) is 0 Å². The van der Waals surface area contributed by atoms with Crippen LogP contribution >= 0.6 is 0 Å². The second-order valence-electron chi connectivity index (χ2n) is 4.47. The lowest BCUT2D eigenvalue weighted by molar-refractivity contribution is 1.13. The monoisotopic (exact) mass is 214 g/mol. The van der Waals surface area contributed by atoms with Gasteiger partial charge in [0.05, 0.1) is 0 Å². The summed E-state index contributed by atoms with van der Waals surface area (Å²) in [7, 11) is 8.29. The van der Waals surface area contributed by atoms with Gasteiger partial charge >= 0.3 is 0 Å². The predicted octanol–water partition coefficient (Wildman–Crippen LogP) is 2.97. The summed E-state index contributed by atoms with van der Waals surface area (Å²) in [5, 5.41) is 2.59. The maximum atomic E-state index is 2.22. The number of benzene rings is 2. The predicted molar refractivity (Wildman–Crippen MR) is 72.6 cm³/mol. The van der Waals surface area contributed by atoms with Gasteiger partial charge in [-0.1, -0.05) is 18.2 Å². The topological polar surface area (TPSA) is 6.48 Å². The fraction of sp³-hybridized carbons (Fsp3) is 0.286. The molecular weight excluding hydrogens is 196 g/mol. The van der Waals surface area contributed by atoms with Crippen molar-refractivity contribution in [1.29, 1.82) is 0 Å². The first-order valence-corrected chi connectivity index (χ1v) is 5.47. The normalized spacial score (nSPS) is 10.5. The molecule has 0 spiro atoms. The van der Waals surface area contributed by atoms with E-state index < -0.39 is 0 Å². The van der Waals surface area contributed by atoms with Gasteiger partial charge in [0.1, 0.15) is 0 Å². The summed E-state index contributed by atoms with van der Waals surface area (Å²) in [6.45, 7) is 0. The Hall–Kier alpha value is -1.70. The fourth-order valence-electron chi connectivity index (χ4n) is 1.92. The molecule has 2 aromatic rings. The van der Waals surface area contributed by atoms with E-state index in [0.717, 1.165) is 0 Å². The number of hydrogen-bond acceptors (Lipinski definition) is 2. The van der Waals surface area contributed by atoms with Crippen LogP contribution in [0.3, 0.4) is 0 Å². The zero-order valence-electron chi connectivity index (χ0n) is 10.4. The third-order valence-electron chi connectivity index (χ3n) is 2.84. The number of anilines is 2. The largest absolute Gasteiger partial charge is 0.378 e. The van der Waals surface area contributed by atoms with E-state index in [1.807, 2.05) is 0 Å². The van der Waals surface area contributed by atoms with E-state index in [1.165, 1.54) is 22.1 Å².